The summed E-state index contributed by atoms with van der Waals surface area (Å²) < 4.78 is 0. The number of hydrogen-bond acceptors (Lipinski definition) is 5. The quantitative estimate of drug-likeness (QED) is 0.618. The smallest absolute Gasteiger partial charge is 0.191 e. The minimum absolute atomic E-state index is 0.485. The van der Waals surface area contributed by atoms with Gasteiger partial charge in [0.2, 0.25) is 0 Å². The van der Waals surface area contributed by atoms with Crippen LogP contribution in [0.15, 0.2) is 22.5 Å². The number of guanidine groups is 1. The van der Waals surface area contributed by atoms with Crippen LogP contribution in [-0.4, -0.2) is 36.6 Å². The average molecular weight is 378 g/mol. The molecule has 3 rings (SSSR count). The third-order valence-corrected chi connectivity index (χ3v) is 6.36. The summed E-state index contributed by atoms with van der Waals surface area (Å²) in [5, 5.41) is 11.6. The Labute approximate surface area is 158 Å². The molecule has 2 aromatic rings. The molecule has 7 heteroatoms. The Balaban J connectivity index is 1.55. The van der Waals surface area contributed by atoms with Crippen LogP contribution in [0.3, 0.4) is 0 Å². The van der Waals surface area contributed by atoms with Crippen LogP contribution >= 0.6 is 22.7 Å². The number of nitrogens with zero attached hydrogens (tertiary/aromatic N) is 3. The van der Waals surface area contributed by atoms with E-state index in [4.69, 9.17) is 4.99 Å². The molecular formula is C18H27N5S2. The topological polar surface area (TPSA) is 52.6 Å². The number of thiazole rings is 1. The van der Waals surface area contributed by atoms with Crippen LogP contribution < -0.4 is 15.5 Å². The lowest BCUT2D eigenvalue weighted by Gasteiger charge is -2.33. The first-order chi connectivity index (χ1) is 12.2. The number of piperidine rings is 1. The Morgan fingerprint density at radius 1 is 1.36 bits per heavy atom. The molecule has 0 aromatic carbocycles. The van der Waals surface area contributed by atoms with E-state index in [1.54, 1.807) is 11.3 Å². The number of aryl methyl sites for hydroxylation is 2. The van der Waals surface area contributed by atoms with Gasteiger partial charge in [0.1, 0.15) is 0 Å². The van der Waals surface area contributed by atoms with Gasteiger partial charge < -0.3 is 15.5 Å². The van der Waals surface area contributed by atoms with Crippen LogP contribution in [0.2, 0.25) is 0 Å². The van der Waals surface area contributed by atoms with Crippen molar-refractivity contribution < 1.29 is 0 Å². The highest BCUT2D eigenvalue weighted by atomic mass is 32.1. The molecule has 2 aromatic heterocycles. The van der Waals surface area contributed by atoms with Gasteiger partial charge in [-0.15, -0.1) is 22.7 Å². The van der Waals surface area contributed by atoms with E-state index in [0.717, 1.165) is 49.1 Å². The van der Waals surface area contributed by atoms with Gasteiger partial charge in [0, 0.05) is 30.6 Å². The molecule has 1 aliphatic rings. The van der Waals surface area contributed by atoms with Gasteiger partial charge in [-0.05, 0) is 51.1 Å². The lowest BCUT2D eigenvalue weighted by atomic mass is 10.1. The van der Waals surface area contributed by atoms with Crippen molar-refractivity contribution in [3.05, 3.63) is 33.1 Å². The van der Waals surface area contributed by atoms with E-state index in [0.29, 0.717) is 12.6 Å². The van der Waals surface area contributed by atoms with Crippen molar-refractivity contribution in [2.75, 3.05) is 24.5 Å². The molecule has 1 fully saturated rings. The molecule has 1 aliphatic heterocycles. The molecule has 136 valence electrons. The maximum atomic E-state index is 4.77. The number of nitrogens with one attached hydrogen (secondary N) is 2. The normalized spacial score (nSPS) is 16.3. The molecule has 3 heterocycles. The molecule has 0 radical (unpaired) electrons. The number of rotatable bonds is 5. The number of hydrogen-bond donors (Lipinski definition) is 2. The molecule has 0 spiro atoms. The summed E-state index contributed by atoms with van der Waals surface area (Å²) in [6, 6.07) is 4.82. The summed E-state index contributed by atoms with van der Waals surface area (Å²) in [6.07, 6.45) is 2.28. The zero-order chi connectivity index (χ0) is 17.6. The monoisotopic (exact) mass is 377 g/mol. The van der Waals surface area contributed by atoms with Crippen molar-refractivity contribution in [3.63, 3.8) is 0 Å². The summed E-state index contributed by atoms with van der Waals surface area (Å²) in [5.74, 6) is 0.919. The average Bonchev–Trinajstić information content (AvgIpc) is 3.23. The fourth-order valence-electron chi connectivity index (χ4n) is 3.08. The maximum Gasteiger partial charge on any atom is 0.191 e. The van der Waals surface area contributed by atoms with Crippen molar-refractivity contribution in [2.45, 2.75) is 46.2 Å². The van der Waals surface area contributed by atoms with Crippen LogP contribution in [0.5, 0.6) is 0 Å². The molecule has 0 unspecified atom stereocenters. The molecule has 0 amide bonds. The van der Waals surface area contributed by atoms with Gasteiger partial charge in [-0.1, -0.05) is 0 Å². The Morgan fingerprint density at radius 3 is 2.76 bits per heavy atom. The molecule has 2 N–H and O–H groups in total. The summed E-state index contributed by atoms with van der Waals surface area (Å²) in [6.45, 7) is 10.0. The van der Waals surface area contributed by atoms with E-state index in [9.17, 15) is 0 Å². The van der Waals surface area contributed by atoms with Gasteiger partial charge in [-0.2, -0.15) is 0 Å². The van der Waals surface area contributed by atoms with E-state index in [1.165, 1.54) is 9.88 Å². The second-order valence-electron chi connectivity index (χ2n) is 6.29. The first kappa shape index (κ1) is 18.2. The van der Waals surface area contributed by atoms with Gasteiger partial charge in [-0.3, -0.25) is 0 Å². The first-order valence-electron chi connectivity index (χ1n) is 8.92. The van der Waals surface area contributed by atoms with Crippen molar-refractivity contribution in [1.29, 1.82) is 0 Å². The van der Waals surface area contributed by atoms with E-state index in [2.05, 4.69) is 58.8 Å². The molecule has 0 bridgehead atoms. The minimum atomic E-state index is 0.485. The van der Waals surface area contributed by atoms with E-state index in [-0.39, 0.29) is 0 Å². The summed E-state index contributed by atoms with van der Waals surface area (Å²) >= 11 is 3.57. The lowest BCUT2D eigenvalue weighted by Crippen LogP contribution is -2.48. The van der Waals surface area contributed by atoms with Gasteiger partial charge in [0.15, 0.2) is 5.96 Å². The van der Waals surface area contributed by atoms with Crippen LogP contribution in [0.4, 0.5) is 5.00 Å². The summed E-state index contributed by atoms with van der Waals surface area (Å²) in [5.41, 5.74) is 1.10. The Hall–Kier alpha value is -1.60. The van der Waals surface area contributed by atoms with Gasteiger partial charge in [0.05, 0.1) is 22.2 Å². The zero-order valence-electron chi connectivity index (χ0n) is 15.2. The molecule has 1 saturated heterocycles. The van der Waals surface area contributed by atoms with E-state index < -0.39 is 0 Å². The molecule has 0 aliphatic carbocycles. The third kappa shape index (κ3) is 4.95. The number of aromatic nitrogens is 1. The van der Waals surface area contributed by atoms with Crippen molar-refractivity contribution >= 4 is 33.6 Å². The molecule has 25 heavy (non-hydrogen) atoms. The highest BCUT2D eigenvalue weighted by molar-refractivity contribution is 7.14. The fourth-order valence-corrected chi connectivity index (χ4v) is 4.73. The molecule has 0 atom stereocenters. The second-order valence-corrected chi connectivity index (χ2v) is 8.51. The molecule has 0 saturated carbocycles. The Bertz CT molecular complexity index is 684. The van der Waals surface area contributed by atoms with Crippen LogP contribution in [0, 0.1) is 13.8 Å². The van der Waals surface area contributed by atoms with E-state index in [1.807, 2.05) is 11.3 Å². The van der Waals surface area contributed by atoms with E-state index >= 15 is 0 Å². The standard InChI is InChI=1S/C18H27N5S2/c1-4-19-18(20-12-16-13(2)21-14(3)25-16)22-15-7-9-23(10-8-15)17-6-5-11-24-17/h5-6,11,15H,4,7-10,12H2,1-3H3,(H2,19,20,22). The lowest BCUT2D eigenvalue weighted by molar-refractivity contribution is 0.463. The summed E-state index contributed by atoms with van der Waals surface area (Å²) in [4.78, 5) is 13.0. The summed E-state index contributed by atoms with van der Waals surface area (Å²) in [7, 11) is 0. The van der Waals surface area contributed by atoms with Gasteiger partial charge in [-0.25, -0.2) is 9.98 Å². The maximum absolute atomic E-state index is 4.77. The minimum Gasteiger partial charge on any atom is -0.363 e. The fraction of sp³-hybridized carbons (Fsp3) is 0.556. The van der Waals surface area contributed by atoms with Crippen LogP contribution in [0.1, 0.15) is 35.3 Å². The van der Waals surface area contributed by atoms with Crippen LogP contribution in [-0.2, 0) is 6.54 Å². The van der Waals surface area contributed by atoms with Gasteiger partial charge >= 0.3 is 0 Å². The third-order valence-electron chi connectivity index (χ3n) is 4.38. The van der Waals surface area contributed by atoms with Gasteiger partial charge in [0.25, 0.3) is 0 Å². The zero-order valence-corrected chi connectivity index (χ0v) is 16.8. The molecule has 5 nitrogen and oxygen atoms in total. The number of thiophene rings is 1. The first-order valence-corrected chi connectivity index (χ1v) is 10.6. The van der Waals surface area contributed by atoms with Crippen molar-refractivity contribution in [1.82, 2.24) is 15.6 Å². The predicted molar refractivity (Wildman–Crippen MR) is 109 cm³/mol. The van der Waals surface area contributed by atoms with Crippen molar-refractivity contribution in [2.24, 2.45) is 4.99 Å². The number of anilines is 1. The second kappa shape index (κ2) is 8.67. The highest BCUT2D eigenvalue weighted by Gasteiger charge is 2.20. The largest absolute Gasteiger partial charge is 0.363 e. The molecular weight excluding hydrogens is 350 g/mol. The Kier molecular flexibility index (Phi) is 6.31. The Morgan fingerprint density at radius 2 is 2.16 bits per heavy atom. The highest BCUT2D eigenvalue weighted by Crippen LogP contribution is 2.24. The van der Waals surface area contributed by atoms with Crippen LogP contribution in [0.25, 0.3) is 0 Å². The predicted octanol–water partition coefficient (Wildman–Crippen LogP) is 3.55. The van der Waals surface area contributed by atoms with Crippen molar-refractivity contribution in [3.8, 4) is 0 Å². The SMILES string of the molecule is CCNC(=NCc1sc(C)nc1C)NC1CCN(c2cccs2)CC1. The number of aliphatic imine (C=N–C) groups is 1.